The monoisotopic (exact) mass is 271 g/mol. The van der Waals surface area contributed by atoms with Crippen molar-refractivity contribution >= 4 is 5.69 Å². The van der Waals surface area contributed by atoms with E-state index in [0.717, 1.165) is 17.4 Å². The van der Waals surface area contributed by atoms with Gasteiger partial charge in [0.2, 0.25) is 5.89 Å². The summed E-state index contributed by atoms with van der Waals surface area (Å²) in [6.07, 6.45) is 4.98. The highest BCUT2D eigenvalue weighted by Gasteiger charge is 2.24. The maximum atomic E-state index is 5.35. The van der Waals surface area contributed by atoms with Gasteiger partial charge in [-0.15, -0.1) is 0 Å². The smallest absolute Gasteiger partial charge is 0.245 e. The SMILES string of the molecule is CC1CCCC(c2noc(CNc3ccccc3)n2)C1. The maximum absolute atomic E-state index is 5.35. The predicted octanol–water partition coefficient (Wildman–Crippen LogP) is 3.98. The van der Waals surface area contributed by atoms with Gasteiger partial charge in [0.15, 0.2) is 5.82 Å². The normalized spacial score (nSPS) is 22.6. The van der Waals surface area contributed by atoms with Crippen molar-refractivity contribution in [2.75, 3.05) is 5.32 Å². The lowest BCUT2D eigenvalue weighted by Crippen LogP contribution is -2.13. The highest BCUT2D eigenvalue weighted by Crippen LogP contribution is 2.34. The van der Waals surface area contributed by atoms with Gasteiger partial charge in [0.1, 0.15) is 0 Å². The molecule has 1 N–H and O–H groups in total. The molecule has 20 heavy (non-hydrogen) atoms. The van der Waals surface area contributed by atoms with Gasteiger partial charge in [-0.2, -0.15) is 4.98 Å². The second-order valence-electron chi connectivity index (χ2n) is 5.73. The van der Waals surface area contributed by atoms with Crippen LogP contribution >= 0.6 is 0 Å². The number of anilines is 1. The summed E-state index contributed by atoms with van der Waals surface area (Å²) in [4.78, 5) is 4.54. The molecule has 0 spiro atoms. The Balaban J connectivity index is 1.59. The van der Waals surface area contributed by atoms with E-state index < -0.39 is 0 Å². The molecule has 2 unspecified atom stereocenters. The van der Waals surface area contributed by atoms with Gasteiger partial charge in [-0.1, -0.05) is 43.1 Å². The fraction of sp³-hybridized carbons (Fsp3) is 0.500. The maximum Gasteiger partial charge on any atom is 0.245 e. The predicted molar refractivity (Wildman–Crippen MR) is 78.4 cm³/mol. The van der Waals surface area contributed by atoms with Crippen molar-refractivity contribution in [1.29, 1.82) is 0 Å². The lowest BCUT2D eigenvalue weighted by molar-refractivity contribution is 0.320. The molecule has 4 nitrogen and oxygen atoms in total. The average molecular weight is 271 g/mol. The largest absolute Gasteiger partial charge is 0.376 e. The second kappa shape index (κ2) is 6.07. The van der Waals surface area contributed by atoms with Crippen LogP contribution in [-0.4, -0.2) is 10.1 Å². The second-order valence-corrected chi connectivity index (χ2v) is 5.73. The molecule has 0 amide bonds. The first-order chi connectivity index (χ1) is 9.81. The first kappa shape index (κ1) is 13.2. The van der Waals surface area contributed by atoms with E-state index in [0.29, 0.717) is 18.4 Å². The Labute approximate surface area is 119 Å². The van der Waals surface area contributed by atoms with Crippen molar-refractivity contribution in [1.82, 2.24) is 10.1 Å². The van der Waals surface area contributed by atoms with E-state index in [1.807, 2.05) is 30.3 Å². The van der Waals surface area contributed by atoms with Gasteiger partial charge in [0.05, 0.1) is 6.54 Å². The third-order valence-electron chi connectivity index (χ3n) is 4.00. The minimum atomic E-state index is 0.480. The standard InChI is InChI=1S/C16H21N3O/c1-12-6-5-7-13(10-12)16-18-15(20-19-16)11-17-14-8-3-2-4-9-14/h2-4,8-9,12-13,17H,5-7,10-11H2,1H3. The molecule has 4 heteroatoms. The quantitative estimate of drug-likeness (QED) is 0.914. The molecule has 3 rings (SSSR count). The van der Waals surface area contributed by atoms with Crippen LogP contribution in [0.4, 0.5) is 5.69 Å². The number of hydrogen-bond donors (Lipinski definition) is 1. The van der Waals surface area contributed by atoms with Crippen molar-refractivity contribution in [3.63, 3.8) is 0 Å². The third-order valence-corrected chi connectivity index (χ3v) is 4.00. The minimum absolute atomic E-state index is 0.480. The van der Waals surface area contributed by atoms with Crippen LogP contribution in [0.1, 0.15) is 50.2 Å². The highest BCUT2D eigenvalue weighted by molar-refractivity contribution is 5.42. The molecule has 2 atom stereocenters. The number of nitrogens with zero attached hydrogens (tertiary/aromatic N) is 2. The Morgan fingerprint density at radius 1 is 1.25 bits per heavy atom. The van der Waals surface area contributed by atoms with E-state index in [4.69, 9.17) is 4.52 Å². The Kier molecular flexibility index (Phi) is 4.00. The molecule has 0 aliphatic heterocycles. The molecular weight excluding hydrogens is 250 g/mol. The fourth-order valence-corrected chi connectivity index (χ4v) is 2.91. The summed E-state index contributed by atoms with van der Waals surface area (Å²) in [5.74, 6) is 2.81. The Hall–Kier alpha value is -1.84. The van der Waals surface area contributed by atoms with E-state index in [2.05, 4.69) is 22.4 Å². The molecule has 1 aliphatic rings. The van der Waals surface area contributed by atoms with Gasteiger partial charge in [-0.25, -0.2) is 0 Å². The number of aromatic nitrogens is 2. The Bertz CT molecular complexity index is 538. The summed E-state index contributed by atoms with van der Waals surface area (Å²) < 4.78 is 5.35. The summed E-state index contributed by atoms with van der Waals surface area (Å²) in [6, 6.07) is 10.1. The molecule has 1 saturated carbocycles. The molecule has 1 heterocycles. The van der Waals surface area contributed by atoms with Crippen LogP contribution in [0, 0.1) is 5.92 Å². The Morgan fingerprint density at radius 2 is 2.10 bits per heavy atom. The summed E-state index contributed by atoms with van der Waals surface area (Å²) >= 11 is 0. The van der Waals surface area contributed by atoms with Crippen molar-refractivity contribution in [2.24, 2.45) is 5.92 Å². The highest BCUT2D eigenvalue weighted by atomic mass is 16.5. The van der Waals surface area contributed by atoms with Crippen molar-refractivity contribution in [2.45, 2.75) is 45.1 Å². The van der Waals surface area contributed by atoms with Crippen LogP contribution < -0.4 is 5.32 Å². The topological polar surface area (TPSA) is 51.0 Å². The summed E-state index contributed by atoms with van der Waals surface area (Å²) in [5.41, 5.74) is 1.07. The van der Waals surface area contributed by atoms with Gasteiger partial charge in [0.25, 0.3) is 0 Å². The van der Waals surface area contributed by atoms with Gasteiger partial charge in [-0.05, 0) is 30.9 Å². The van der Waals surface area contributed by atoms with E-state index in [1.165, 1.54) is 25.7 Å². The minimum Gasteiger partial charge on any atom is -0.376 e. The summed E-state index contributed by atoms with van der Waals surface area (Å²) in [7, 11) is 0. The van der Waals surface area contributed by atoms with Crippen LogP contribution in [-0.2, 0) is 6.54 Å². The van der Waals surface area contributed by atoms with Crippen LogP contribution in [0.3, 0.4) is 0 Å². The van der Waals surface area contributed by atoms with Crippen molar-refractivity contribution < 1.29 is 4.52 Å². The number of rotatable bonds is 4. The van der Waals surface area contributed by atoms with Gasteiger partial charge in [-0.3, -0.25) is 0 Å². The molecule has 0 radical (unpaired) electrons. The number of hydrogen-bond acceptors (Lipinski definition) is 4. The van der Waals surface area contributed by atoms with E-state index >= 15 is 0 Å². The molecule has 106 valence electrons. The van der Waals surface area contributed by atoms with Crippen LogP contribution in [0.5, 0.6) is 0 Å². The fourth-order valence-electron chi connectivity index (χ4n) is 2.91. The molecule has 0 saturated heterocycles. The van der Waals surface area contributed by atoms with Gasteiger partial charge in [0, 0.05) is 11.6 Å². The van der Waals surface area contributed by atoms with E-state index in [1.54, 1.807) is 0 Å². The van der Waals surface area contributed by atoms with Crippen molar-refractivity contribution in [3.05, 3.63) is 42.0 Å². The zero-order valence-corrected chi connectivity index (χ0v) is 11.9. The van der Waals surface area contributed by atoms with Crippen LogP contribution in [0.25, 0.3) is 0 Å². The first-order valence-electron chi connectivity index (χ1n) is 7.42. The summed E-state index contributed by atoms with van der Waals surface area (Å²) in [6.45, 7) is 2.89. The average Bonchev–Trinajstić information content (AvgIpc) is 2.95. The molecule has 2 aromatic rings. The number of nitrogens with one attached hydrogen (secondary N) is 1. The third kappa shape index (κ3) is 3.18. The zero-order chi connectivity index (χ0) is 13.8. The lowest BCUT2D eigenvalue weighted by Gasteiger charge is -2.23. The number of benzene rings is 1. The molecule has 1 aliphatic carbocycles. The molecule has 1 aromatic heterocycles. The molecular formula is C16H21N3O. The van der Waals surface area contributed by atoms with E-state index in [-0.39, 0.29) is 0 Å². The van der Waals surface area contributed by atoms with Gasteiger partial charge < -0.3 is 9.84 Å². The first-order valence-corrected chi connectivity index (χ1v) is 7.42. The zero-order valence-electron chi connectivity index (χ0n) is 11.9. The van der Waals surface area contributed by atoms with Gasteiger partial charge >= 0.3 is 0 Å². The van der Waals surface area contributed by atoms with Crippen LogP contribution in [0.15, 0.2) is 34.9 Å². The van der Waals surface area contributed by atoms with E-state index in [9.17, 15) is 0 Å². The molecule has 1 fully saturated rings. The number of para-hydroxylation sites is 1. The molecule has 0 bridgehead atoms. The van der Waals surface area contributed by atoms with Crippen molar-refractivity contribution in [3.8, 4) is 0 Å². The molecule has 1 aromatic carbocycles. The van der Waals surface area contributed by atoms with Crippen LogP contribution in [0.2, 0.25) is 0 Å². The Morgan fingerprint density at radius 3 is 2.90 bits per heavy atom. The lowest BCUT2D eigenvalue weighted by atomic mass is 9.82. The summed E-state index contributed by atoms with van der Waals surface area (Å²) in [5, 5.41) is 7.45.